The molecule has 3 nitrogen and oxygen atoms in total. The Morgan fingerprint density at radius 2 is 1.90 bits per heavy atom. The lowest BCUT2D eigenvalue weighted by molar-refractivity contribution is -0.129. The van der Waals surface area contributed by atoms with Gasteiger partial charge in [-0.2, -0.15) is 0 Å². The number of carbonyl (C=O) groups excluding carboxylic acids is 2. The molecule has 0 aromatic heterocycles. The van der Waals surface area contributed by atoms with E-state index in [4.69, 9.17) is 4.74 Å². The fourth-order valence-electron chi connectivity index (χ4n) is 6.66. The topological polar surface area (TPSA) is 43.4 Å². The first-order valence-electron chi connectivity index (χ1n) is 11.4. The van der Waals surface area contributed by atoms with Gasteiger partial charge in [0.25, 0.3) is 0 Å². The smallest absolute Gasteiger partial charge is 0.167 e. The normalized spacial score (nSPS) is 29.1. The van der Waals surface area contributed by atoms with Crippen molar-refractivity contribution in [1.29, 1.82) is 0 Å². The Labute approximate surface area is 183 Å². The van der Waals surface area contributed by atoms with Crippen LogP contribution in [0.2, 0.25) is 0 Å². The molecule has 3 aliphatic rings. The van der Waals surface area contributed by atoms with Crippen LogP contribution in [0.25, 0.3) is 0 Å². The summed E-state index contributed by atoms with van der Waals surface area (Å²) in [7, 11) is 1.65. The van der Waals surface area contributed by atoms with Gasteiger partial charge in [0.15, 0.2) is 5.78 Å². The maximum Gasteiger partial charge on any atom is 0.167 e. The maximum absolute atomic E-state index is 13.2. The highest BCUT2D eigenvalue weighted by molar-refractivity contribution is 5.97. The van der Waals surface area contributed by atoms with E-state index in [0.717, 1.165) is 49.8 Å². The van der Waals surface area contributed by atoms with E-state index in [0.29, 0.717) is 29.1 Å². The molecule has 4 atom stereocenters. The van der Waals surface area contributed by atoms with Crippen LogP contribution in [0.5, 0.6) is 5.75 Å². The van der Waals surface area contributed by atoms with Crippen molar-refractivity contribution in [2.45, 2.75) is 57.8 Å². The molecule has 0 bridgehead atoms. The van der Waals surface area contributed by atoms with E-state index in [9.17, 15) is 14.0 Å². The Kier molecular flexibility index (Phi) is 4.99. The molecule has 0 spiro atoms. The fourth-order valence-corrected chi connectivity index (χ4v) is 6.66. The molecule has 0 heterocycles. The number of methoxy groups -OCH3 is 1. The number of rotatable bonds is 4. The van der Waals surface area contributed by atoms with Crippen molar-refractivity contribution >= 4 is 11.6 Å². The molecule has 3 aliphatic carbocycles. The summed E-state index contributed by atoms with van der Waals surface area (Å²) >= 11 is 0. The van der Waals surface area contributed by atoms with Crippen LogP contribution in [0, 0.1) is 23.1 Å². The quantitative estimate of drug-likeness (QED) is 0.597. The van der Waals surface area contributed by atoms with Crippen LogP contribution < -0.4 is 4.74 Å². The Morgan fingerprint density at radius 3 is 2.65 bits per heavy atom. The highest BCUT2D eigenvalue weighted by Gasteiger charge is 2.54. The number of halogens is 1. The average molecular weight is 421 g/mol. The Hall–Kier alpha value is -2.49. The third kappa shape index (κ3) is 3.31. The number of ketones is 2. The minimum Gasteiger partial charge on any atom is -0.496 e. The molecule has 0 N–H and O–H groups in total. The molecular formula is C27H29FO3. The molecule has 2 fully saturated rings. The number of benzene rings is 2. The first-order valence-corrected chi connectivity index (χ1v) is 11.4. The summed E-state index contributed by atoms with van der Waals surface area (Å²) in [5.41, 5.74) is 3.94. The Balaban J connectivity index is 1.46. The number of aryl methyl sites for hydroxylation is 1. The summed E-state index contributed by atoms with van der Waals surface area (Å²) in [4.78, 5) is 25.4. The van der Waals surface area contributed by atoms with Crippen LogP contribution in [0.3, 0.4) is 0 Å². The number of fused-ring (bicyclic) bond motifs is 5. The van der Waals surface area contributed by atoms with E-state index in [1.807, 2.05) is 0 Å². The lowest BCUT2D eigenvalue weighted by Crippen LogP contribution is -2.42. The van der Waals surface area contributed by atoms with Gasteiger partial charge in [-0.25, -0.2) is 4.39 Å². The van der Waals surface area contributed by atoms with Gasteiger partial charge in [-0.15, -0.1) is 0 Å². The second-order valence-electron chi connectivity index (χ2n) is 9.80. The van der Waals surface area contributed by atoms with Gasteiger partial charge in [0.05, 0.1) is 7.11 Å². The summed E-state index contributed by atoms with van der Waals surface area (Å²) in [5.74, 6) is 2.32. The van der Waals surface area contributed by atoms with E-state index in [-0.39, 0.29) is 23.4 Å². The van der Waals surface area contributed by atoms with Crippen molar-refractivity contribution in [3.63, 3.8) is 0 Å². The zero-order valence-electron chi connectivity index (χ0n) is 18.2. The molecule has 162 valence electrons. The molecule has 0 aliphatic heterocycles. The standard InChI is InChI=1S/C27H29FO3/c1-27-12-11-20-21(23(27)9-10-26(27)30)8-5-17-15-25(31-2)18(13-22(17)20)14-24(29)16-3-6-19(28)7-4-16/h3-4,6-7,13,15,20-21,23H,5,8-12,14H2,1-2H3. The minimum absolute atomic E-state index is 0.0387. The van der Waals surface area contributed by atoms with Crippen LogP contribution in [0.4, 0.5) is 4.39 Å². The Morgan fingerprint density at radius 1 is 1.13 bits per heavy atom. The average Bonchev–Trinajstić information content (AvgIpc) is 3.08. The minimum atomic E-state index is -0.344. The molecule has 2 aromatic rings. The number of hydrogen-bond donors (Lipinski definition) is 0. The van der Waals surface area contributed by atoms with Gasteiger partial charge in [-0.1, -0.05) is 13.0 Å². The molecule has 5 rings (SSSR count). The molecule has 0 amide bonds. The number of ether oxygens (including phenoxy) is 1. The zero-order chi connectivity index (χ0) is 21.8. The summed E-state index contributed by atoms with van der Waals surface area (Å²) in [6, 6.07) is 10.0. The van der Waals surface area contributed by atoms with Crippen molar-refractivity contribution in [3.05, 3.63) is 64.5 Å². The molecule has 0 saturated heterocycles. The third-order valence-electron chi connectivity index (χ3n) is 8.35. The van der Waals surface area contributed by atoms with Gasteiger partial charge < -0.3 is 4.74 Å². The second-order valence-corrected chi connectivity index (χ2v) is 9.80. The predicted octanol–water partition coefficient (Wildman–Crippen LogP) is 5.68. The summed E-state index contributed by atoms with van der Waals surface area (Å²) in [5, 5.41) is 0. The van der Waals surface area contributed by atoms with Crippen molar-refractivity contribution in [1.82, 2.24) is 0 Å². The van der Waals surface area contributed by atoms with E-state index in [1.165, 1.54) is 35.4 Å². The summed E-state index contributed by atoms with van der Waals surface area (Å²) < 4.78 is 18.9. The monoisotopic (exact) mass is 420 g/mol. The van der Waals surface area contributed by atoms with Gasteiger partial charge in [0, 0.05) is 29.4 Å². The molecule has 0 radical (unpaired) electrons. The van der Waals surface area contributed by atoms with Crippen molar-refractivity contribution in [2.75, 3.05) is 7.11 Å². The molecular weight excluding hydrogens is 391 g/mol. The highest BCUT2D eigenvalue weighted by atomic mass is 19.1. The van der Waals surface area contributed by atoms with Crippen LogP contribution >= 0.6 is 0 Å². The number of hydrogen-bond acceptors (Lipinski definition) is 3. The first-order chi connectivity index (χ1) is 14.9. The highest BCUT2D eigenvalue weighted by Crippen LogP contribution is 2.59. The van der Waals surface area contributed by atoms with Gasteiger partial charge in [-0.05, 0) is 91.3 Å². The third-order valence-corrected chi connectivity index (χ3v) is 8.35. The van der Waals surface area contributed by atoms with Gasteiger partial charge >= 0.3 is 0 Å². The van der Waals surface area contributed by atoms with E-state index >= 15 is 0 Å². The van der Waals surface area contributed by atoms with Crippen LogP contribution in [0.1, 0.15) is 72.0 Å². The summed E-state index contributed by atoms with van der Waals surface area (Å²) in [6.07, 6.45) is 6.12. The van der Waals surface area contributed by atoms with E-state index in [1.54, 1.807) is 7.11 Å². The second kappa shape index (κ2) is 7.58. The van der Waals surface area contributed by atoms with Crippen LogP contribution in [-0.4, -0.2) is 18.7 Å². The zero-order valence-corrected chi connectivity index (χ0v) is 18.2. The molecule has 4 heteroatoms. The largest absolute Gasteiger partial charge is 0.496 e. The fraction of sp³-hybridized carbons (Fsp3) is 0.481. The predicted molar refractivity (Wildman–Crippen MR) is 117 cm³/mol. The van der Waals surface area contributed by atoms with Gasteiger partial charge in [0.2, 0.25) is 0 Å². The van der Waals surface area contributed by atoms with Crippen molar-refractivity contribution in [3.8, 4) is 5.75 Å². The van der Waals surface area contributed by atoms with Crippen molar-refractivity contribution < 1.29 is 18.7 Å². The van der Waals surface area contributed by atoms with Crippen LogP contribution in [-0.2, 0) is 17.6 Å². The Bertz CT molecular complexity index is 1040. The number of Topliss-reactive ketones (excluding diaryl/α,β-unsaturated/α-hetero) is 2. The molecule has 4 unspecified atom stereocenters. The summed E-state index contributed by atoms with van der Waals surface area (Å²) in [6.45, 7) is 2.19. The molecule has 31 heavy (non-hydrogen) atoms. The SMILES string of the molecule is COc1cc2c(cc1CC(=O)c1ccc(F)cc1)C1CCC3(C)C(=O)CCC3C1CC2. The van der Waals surface area contributed by atoms with E-state index in [2.05, 4.69) is 19.1 Å². The number of carbonyl (C=O) groups is 2. The van der Waals surface area contributed by atoms with Gasteiger partial charge in [-0.3, -0.25) is 9.59 Å². The van der Waals surface area contributed by atoms with E-state index < -0.39 is 0 Å². The van der Waals surface area contributed by atoms with Gasteiger partial charge in [0.1, 0.15) is 17.3 Å². The lowest BCUT2D eigenvalue weighted by Gasteiger charge is -2.48. The van der Waals surface area contributed by atoms with Crippen molar-refractivity contribution in [2.24, 2.45) is 17.3 Å². The first kappa shape index (κ1) is 20.4. The molecule has 2 aromatic carbocycles. The lowest BCUT2D eigenvalue weighted by atomic mass is 9.55. The molecule has 2 saturated carbocycles. The van der Waals surface area contributed by atoms with Crippen LogP contribution in [0.15, 0.2) is 36.4 Å². The maximum atomic E-state index is 13.2.